The van der Waals surface area contributed by atoms with E-state index in [1.165, 1.54) is 5.57 Å². The second-order valence-corrected chi connectivity index (χ2v) is 2.81. The van der Waals surface area contributed by atoms with Crippen molar-refractivity contribution >= 4 is 12.6 Å². The van der Waals surface area contributed by atoms with E-state index in [2.05, 4.69) is 30.9 Å². The normalized spacial score (nSPS) is 26.0. The molecule has 0 bridgehead atoms. The zero-order valence-corrected chi connectivity index (χ0v) is 6.14. The standard InChI is InChI=1S/C7H11NS/c8-5-6-2-1-3-7(9)4-6/h1-2,4,7,9H,3,5,8H2. The number of allylic oxidation sites excluding steroid dienone is 1. The Kier molecular flexibility index (Phi) is 2.37. The molecule has 0 radical (unpaired) electrons. The van der Waals surface area contributed by atoms with Gasteiger partial charge in [0.1, 0.15) is 0 Å². The summed E-state index contributed by atoms with van der Waals surface area (Å²) in [7, 11) is 0. The van der Waals surface area contributed by atoms with Crippen LogP contribution in [0.4, 0.5) is 0 Å². The van der Waals surface area contributed by atoms with Crippen molar-refractivity contribution in [2.24, 2.45) is 5.73 Å². The highest BCUT2D eigenvalue weighted by Gasteiger charge is 2.01. The van der Waals surface area contributed by atoms with Crippen molar-refractivity contribution in [3.8, 4) is 0 Å². The van der Waals surface area contributed by atoms with Crippen LogP contribution in [0, 0.1) is 0 Å². The lowest BCUT2D eigenvalue weighted by atomic mass is 10.1. The van der Waals surface area contributed by atoms with Crippen molar-refractivity contribution in [2.75, 3.05) is 6.54 Å². The van der Waals surface area contributed by atoms with E-state index in [1.807, 2.05) is 0 Å². The topological polar surface area (TPSA) is 26.0 Å². The Morgan fingerprint density at radius 3 is 3.00 bits per heavy atom. The zero-order chi connectivity index (χ0) is 6.69. The fraction of sp³-hybridized carbons (Fsp3) is 0.429. The molecular formula is C7H11NS. The molecule has 2 N–H and O–H groups in total. The van der Waals surface area contributed by atoms with Crippen molar-refractivity contribution in [2.45, 2.75) is 11.7 Å². The number of hydrogen-bond donors (Lipinski definition) is 2. The molecule has 1 atom stereocenters. The van der Waals surface area contributed by atoms with Gasteiger partial charge in [-0.15, -0.1) is 0 Å². The average molecular weight is 141 g/mol. The molecule has 50 valence electrons. The molecule has 9 heavy (non-hydrogen) atoms. The maximum Gasteiger partial charge on any atom is 0.0237 e. The first-order chi connectivity index (χ1) is 4.33. The summed E-state index contributed by atoms with van der Waals surface area (Å²) in [5, 5.41) is 0.383. The van der Waals surface area contributed by atoms with E-state index >= 15 is 0 Å². The van der Waals surface area contributed by atoms with Crippen LogP contribution in [0.2, 0.25) is 0 Å². The molecular weight excluding hydrogens is 130 g/mol. The predicted molar refractivity (Wildman–Crippen MR) is 43.7 cm³/mol. The Morgan fingerprint density at radius 2 is 2.56 bits per heavy atom. The third-order valence-electron chi connectivity index (χ3n) is 1.35. The lowest BCUT2D eigenvalue weighted by Gasteiger charge is -2.08. The lowest BCUT2D eigenvalue weighted by molar-refractivity contribution is 1.02. The van der Waals surface area contributed by atoms with Gasteiger partial charge >= 0.3 is 0 Å². The van der Waals surface area contributed by atoms with Crippen molar-refractivity contribution in [1.82, 2.24) is 0 Å². The Labute approximate surface area is 61.0 Å². The Balaban J connectivity index is 2.59. The number of rotatable bonds is 1. The highest BCUT2D eigenvalue weighted by Crippen LogP contribution is 2.13. The summed E-state index contributed by atoms with van der Waals surface area (Å²) in [5.41, 5.74) is 6.61. The molecule has 1 rings (SSSR count). The second-order valence-electron chi connectivity index (χ2n) is 2.15. The SMILES string of the molecule is NCC1=CC(S)CC=C1. The van der Waals surface area contributed by atoms with E-state index in [0.717, 1.165) is 6.42 Å². The molecule has 0 aromatic rings. The average Bonchev–Trinajstić information content (AvgIpc) is 1.88. The van der Waals surface area contributed by atoms with Crippen LogP contribution in [-0.4, -0.2) is 11.8 Å². The molecule has 2 heteroatoms. The summed E-state index contributed by atoms with van der Waals surface area (Å²) < 4.78 is 0. The van der Waals surface area contributed by atoms with E-state index in [-0.39, 0.29) is 0 Å². The van der Waals surface area contributed by atoms with Crippen LogP contribution in [0.1, 0.15) is 6.42 Å². The van der Waals surface area contributed by atoms with Crippen LogP contribution in [0.5, 0.6) is 0 Å². The molecule has 0 heterocycles. The monoisotopic (exact) mass is 141 g/mol. The fourth-order valence-electron chi connectivity index (χ4n) is 0.866. The van der Waals surface area contributed by atoms with Crippen LogP contribution < -0.4 is 5.73 Å². The molecule has 0 saturated heterocycles. The van der Waals surface area contributed by atoms with Crippen LogP contribution in [0.25, 0.3) is 0 Å². The van der Waals surface area contributed by atoms with Gasteiger partial charge in [-0.05, 0) is 12.0 Å². The Morgan fingerprint density at radius 1 is 1.78 bits per heavy atom. The van der Waals surface area contributed by atoms with Crippen molar-refractivity contribution in [1.29, 1.82) is 0 Å². The summed E-state index contributed by atoms with van der Waals surface area (Å²) >= 11 is 4.29. The van der Waals surface area contributed by atoms with Crippen LogP contribution in [0.3, 0.4) is 0 Å². The first kappa shape index (κ1) is 6.90. The molecule has 0 aliphatic heterocycles. The minimum Gasteiger partial charge on any atom is -0.327 e. The van der Waals surface area contributed by atoms with Crippen molar-refractivity contribution < 1.29 is 0 Å². The maximum absolute atomic E-state index is 5.41. The lowest BCUT2D eigenvalue weighted by Crippen LogP contribution is -2.06. The predicted octanol–water partition coefficient (Wildman–Crippen LogP) is 1.13. The second kappa shape index (κ2) is 3.08. The quantitative estimate of drug-likeness (QED) is 0.526. The number of hydrogen-bond acceptors (Lipinski definition) is 2. The first-order valence-electron chi connectivity index (χ1n) is 3.08. The summed E-state index contributed by atoms with van der Waals surface area (Å²) in [6, 6.07) is 0. The molecule has 1 aliphatic carbocycles. The van der Waals surface area contributed by atoms with Gasteiger partial charge < -0.3 is 5.73 Å². The molecule has 0 spiro atoms. The first-order valence-corrected chi connectivity index (χ1v) is 3.60. The largest absolute Gasteiger partial charge is 0.327 e. The highest BCUT2D eigenvalue weighted by atomic mass is 32.1. The summed E-state index contributed by atoms with van der Waals surface area (Å²) in [6.07, 6.45) is 7.31. The van der Waals surface area contributed by atoms with Gasteiger partial charge in [0.2, 0.25) is 0 Å². The maximum atomic E-state index is 5.41. The van der Waals surface area contributed by atoms with Crippen LogP contribution in [-0.2, 0) is 0 Å². The summed E-state index contributed by atoms with van der Waals surface area (Å²) in [6.45, 7) is 0.632. The summed E-state index contributed by atoms with van der Waals surface area (Å²) in [4.78, 5) is 0. The number of thiol groups is 1. The minimum atomic E-state index is 0.383. The van der Waals surface area contributed by atoms with Crippen molar-refractivity contribution in [3.05, 3.63) is 23.8 Å². The number of nitrogens with two attached hydrogens (primary N) is 1. The third-order valence-corrected chi connectivity index (χ3v) is 1.71. The molecule has 0 fully saturated rings. The Hall–Kier alpha value is -0.210. The van der Waals surface area contributed by atoms with Gasteiger partial charge in [-0.2, -0.15) is 12.6 Å². The van der Waals surface area contributed by atoms with Crippen molar-refractivity contribution in [3.63, 3.8) is 0 Å². The van der Waals surface area contributed by atoms with Gasteiger partial charge in [-0.25, -0.2) is 0 Å². The van der Waals surface area contributed by atoms with Gasteiger partial charge in [-0.1, -0.05) is 18.2 Å². The molecule has 1 unspecified atom stereocenters. The summed E-state index contributed by atoms with van der Waals surface area (Å²) in [5.74, 6) is 0. The van der Waals surface area contributed by atoms with Gasteiger partial charge in [0.25, 0.3) is 0 Å². The van der Waals surface area contributed by atoms with Crippen LogP contribution >= 0.6 is 12.6 Å². The van der Waals surface area contributed by atoms with E-state index in [0.29, 0.717) is 11.8 Å². The molecule has 1 nitrogen and oxygen atoms in total. The molecule has 1 aliphatic rings. The Bertz CT molecular complexity index is 149. The van der Waals surface area contributed by atoms with Gasteiger partial charge in [-0.3, -0.25) is 0 Å². The highest BCUT2D eigenvalue weighted by molar-refractivity contribution is 7.81. The third kappa shape index (κ3) is 1.88. The van der Waals surface area contributed by atoms with Gasteiger partial charge in [0.15, 0.2) is 0 Å². The molecule has 0 aromatic heterocycles. The van der Waals surface area contributed by atoms with Gasteiger partial charge in [0, 0.05) is 11.8 Å². The molecule has 0 saturated carbocycles. The van der Waals surface area contributed by atoms with Crippen LogP contribution in [0.15, 0.2) is 23.8 Å². The minimum absolute atomic E-state index is 0.383. The van der Waals surface area contributed by atoms with E-state index in [9.17, 15) is 0 Å². The van der Waals surface area contributed by atoms with E-state index in [4.69, 9.17) is 5.73 Å². The van der Waals surface area contributed by atoms with E-state index < -0.39 is 0 Å². The molecule has 0 amide bonds. The van der Waals surface area contributed by atoms with E-state index in [1.54, 1.807) is 0 Å². The smallest absolute Gasteiger partial charge is 0.0237 e. The van der Waals surface area contributed by atoms with Gasteiger partial charge in [0.05, 0.1) is 0 Å². The fourth-order valence-corrected chi connectivity index (χ4v) is 1.18. The molecule has 0 aromatic carbocycles. The zero-order valence-electron chi connectivity index (χ0n) is 5.25.